The number of carbonyl (C=O) groups is 1. The summed E-state index contributed by atoms with van der Waals surface area (Å²) < 4.78 is 60.3. The van der Waals surface area contributed by atoms with E-state index in [-0.39, 0.29) is 22.9 Å². The van der Waals surface area contributed by atoms with Crippen LogP contribution in [0, 0.1) is 11.6 Å². The van der Waals surface area contributed by atoms with Crippen LogP contribution in [0.3, 0.4) is 0 Å². The standard InChI is InChI=1S/C20H22F2N2O4S/c1-2-28-17-10-9-14(23-20(25)15-7-6-8-16(21)19(15)22)13-18(17)29(26,27)24-11-4-3-5-12-24/h6-10,13H,2-5,11-12H2,1H3,(H,23,25). The van der Waals surface area contributed by atoms with Crippen LogP contribution in [-0.2, 0) is 10.0 Å². The highest BCUT2D eigenvalue weighted by molar-refractivity contribution is 7.89. The van der Waals surface area contributed by atoms with Gasteiger partial charge in [-0.3, -0.25) is 4.79 Å². The van der Waals surface area contributed by atoms with Gasteiger partial charge in [0.25, 0.3) is 5.91 Å². The minimum atomic E-state index is -3.83. The number of ether oxygens (including phenoxy) is 1. The Labute approximate surface area is 168 Å². The van der Waals surface area contributed by atoms with Gasteiger partial charge in [-0.2, -0.15) is 4.31 Å². The minimum absolute atomic E-state index is 0.0706. The monoisotopic (exact) mass is 424 g/mol. The van der Waals surface area contributed by atoms with Crippen molar-refractivity contribution in [3.05, 3.63) is 53.6 Å². The van der Waals surface area contributed by atoms with Crippen LogP contribution in [0.1, 0.15) is 36.5 Å². The molecule has 29 heavy (non-hydrogen) atoms. The number of carbonyl (C=O) groups excluding carboxylic acids is 1. The molecule has 1 aliphatic heterocycles. The molecule has 1 fully saturated rings. The van der Waals surface area contributed by atoms with Crippen molar-refractivity contribution in [1.82, 2.24) is 4.31 Å². The van der Waals surface area contributed by atoms with Crippen LogP contribution in [0.4, 0.5) is 14.5 Å². The maximum Gasteiger partial charge on any atom is 0.258 e. The number of sulfonamides is 1. The number of amides is 1. The van der Waals surface area contributed by atoms with E-state index < -0.39 is 33.1 Å². The van der Waals surface area contributed by atoms with E-state index in [4.69, 9.17) is 4.74 Å². The smallest absolute Gasteiger partial charge is 0.258 e. The summed E-state index contributed by atoms with van der Waals surface area (Å²) in [5, 5.41) is 2.43. The van der Waals surface area contributed by atoms with E-state index in [1.54, 1.807) is 6.92 Å². The Balaban J connectivity index is 1.94. The van der Waals surface area contributed by atoms with Crippen LogP contribution < -0.4 is 10.1 Å². The predicted molar refractivity (Wildman–Crippen MR) is 105 cm³/mol. The van der Waals surface area contributed by atoms with Crippen molar-refractivity contribution in [1.29, 1.82) is 0 Å². The molecular weight excluding hydrogens is 402 g/mol. The Bertz CT molecular complexity index is 1010. The first kappa shape index (κ1) is 21.2. The van der Waals surface area contributed by atoms with E-state index in [1.165, 1.54) is 28.6 Å². The molecule has 0 bridgehead atoms. The topological polar surface area (TPSA) is 75.7 Å². The summed E-state index contributed by atoms with van der Waals surface area (Å²) in [6, 6.07) is 7.45. The number of rotatable bonds is 6. The molecule has 0 aromatic heterocycles. The fourth-order valence-electron chi connectivity index (χ4n) is 3.18. The lowest BCUT2D eigenvalue weighted by molar-refractivity contribution is 0.102. The quantitative estimate of drug-likeness (QED) is 0.766. The highest BCUT2D eigenvalue weighted by atomic mass is 32.2. The molecular formula is C20H22F2N2O4S. The summed E-state index contributed by atoms with van der Waals surface area (Å²) in [4.78, 5) is 12.3. The largest absolute Gasteiger partial charge is 0.492 e. The molecule has 1 heterocycles. The molecule has 1 N–H and O–H groups in total. The zero-order valence-corrected chi connectivity index (χ0v) is 16.8. The first-order valence-corrected chi connectivity index (χ1v) is 10.8. The zero-order chi connectivity index (χ0) is 21.0. The van der Waals surface area contributed by atoms with Gasteiger partial charge in [0.1, 0.15) is 10.6 Å². The summed E-state index contributed by atoms with van der Waals surface area (Å²) >= 11 is 0. The van der Waals surface area contributed by atoms with Gasteiger partial charge in [0.15, 0.2) is 11.6 Å². The molecule has 0 spiro atoms. The first-order chi connectivity index (χ1) is 13.8. The molecule has 6 nitrogen and oxygen atoms in total. The number of hydrogen-bond donors (Lipinski definition) is 1. The summed E-state index contributed by atoms with van der Waals surface area (Å²) in [5.74, 6) is -3.12. The Hall–Kier alpha value is -2.52. The minimum Gasteiger partial charge on any atom is -0.492 e. The molecule has 0 aliphatic carbocycles. The Morgan fingerprint density at radius 2 is 1.86 bits per heavy atom. The second-order valence-corrected chi connectivity index (χ2v) is 8.52. The SMILES string of the molecule is CCOc1ccc(NC(=O)c2cccc(F)c2F)cc1S(=O)(=O)N1CCCCC1. The summed E-state index contributed by atoms with van der Waals surface area (Å²) in [6.45, 7) is 2.83. The summed E-state index contributed by atoms with van der Waals surface area (Å²) in [5.41, 5.74) is -0.336. The summed E-state index contributed by atoms with van der Waals surface area (Å²) in [6.07, 6.45) is 2.52. The predicted octanol–water partition coefficient (Wildman–Crippen LogP) is 3.79. The zero-order valence-electron chi connectivity index (χ0n) is 16.0. The molecule has 2 aromatic carbocycles. The van der Waals surface area contributed by atoms with Crippen LogP contribution in [-0.4, -0.2) is 38.3 Å². The highest BCUT2D eigenvalue weighted by Gasteiger charge is 2.29. The van der Waals surface area contributed by atoms with Gasteiger partial charge in [-0.25, -0.2) is 17.2 Å². The van der Waals surface area contributed by atoms with Crippen molar-refractivity contribution < 1.29 is 26.7 Å². The van der Waals surface area contributed by atoms with Crippen molar-refractivity contribution in [3.8, 4) is 5.75 Å². The fraction of sp³-hybridized carbons (Fsp3) is 0.350. The molecule has 2 aromatic rings. The van der Waals surface area contributed by atoms with Gasteiger partial charge in [0, 0.05) is 18.8 Å². The number of piperidine rings is 1. The lowest BCUT2D eigenvalue weighted by Gasteiger charge is -2.27. The van der Waals surface area contributed by atoms with Crippen molar-refractivity contribution in [3.63, 3.8) is 0 Å². The number of nitrogens with one attached hydrogen (secondary N) is 1. The van der Waals surface area contributed by atoms with E-state index in [2.05, 4.69) is 5.32 Å². The Kier molecular flexibility index (Phi) is 6.49. The van der Waals surface area contributed by atoms with Gasteiger partial charge in [-0.1, -0.05) is 12.5 Å². The molecule has 1 amide bonds. The Morgan fingerprint density at radius 1 is 1.14 bits per heavy atom. The molecule has 3 rings (SSSR count). The molecule has 9 heteroatoms. The average molecular weight is 424 g/mol. The molecule has 0 radical (unpaired) electrons. The normalized spacial score (nSPS) is 15.1. The van der Waals surface area contributed by atoms with Gasteiger partial charge in [-0.05, 0) is 50.1 Å². The van der Waals surface area contributed by atoms with Crippen LogP contribution >= 0.6 is 0 Å². The Morgan fingerprint density at radius 3 is 2.55 bits per heavy atom. The van der Waals surface area contributed by atoms with E-state index in [0.29, 0.717) is 13.1 Å². The molecule has 156 valence electrons. The van der Waals surface area contributed by atoms with Crippen molar-refractivity contribution in [2.45, 2.75) is 31.1 Å². The summed E-state index contributed by atoms with van der Waals surface area (Å²) in [7, 11) is -3.83. The highest BCUT2D eigenvalue weighted by Crippen LogP contribution is 2.31. The van der Waals surface area contributed by atoms with Crippen LogP contribution in [0.2, 0.25) is 0 Å². The average Bonchev–Trinajstić information content (AvgIpc) is 2.72. The van der Waals surface area contributed by atoms with Crippen LogP contribution in [0.25, 0.3) is 0 Å². The number of anilines is 1. The second-order valence-electron chi connectivity index (χ2n) is 6.61. The number of benzene rings is 2. The van der Waals surface area contributed by atoms with Crippen LogP contribution in [0.15, 0.2) is 41.3 Å². The number of halogens is 2. The molecule has 1 aliphatic rings. The van der Waals surface area contributed by atoms with E-state index in [1.807, 2.05) is 0 Å². The lowest BCUT2D eigenvalue weighted by atomic mass is 10.2. The lowest BCUT2D eigenvalue weighted by Crippen LogP contribution is -2.35. The molecule has 0 atom stereocenters. The maximum atomic E-state index is 13.9. The van der Waals surface area contributed by atoms with E-state index in [0.717, 1.165) is 31.4 Å². The van der Waals surface area contributed by atoms with Crippen molar-refractivity contribution in [2.75, 3.05) is 25.0 Å². The van der Waals surface area contributed by atoms with Gasteiger partial charge in [0.05, 0.1) is 12.2 Å². The number of hydrogen-bond acceptors (Lipinski definition) is 4. The van der Waals surface area contributed by atoms with Gasteiger partial charge in [0.2, 0.25) is 10.0 Å². The van der Waals surface area contributed by atoms with Gasteiger partial charge >= 0.3 is 0 Å². The van der Waals surface area contributed by atoms with Crippen molar-refractivity contribution >= 4 is 21.6 Å². The van der Waals surface area contributed by atoms with E-state index >= 15 is 0 Å². The molecule has 1 saturated heterocycles. The second kappa shape index (κ2) is 8.87. The third kappa shape index (κ3) is 4.56. The number of nitrogens with zero attached hydrogens (tertiary/aromatic N) is 1. The first-order valence-electron chi connectivity index (χ1n) is 9.37. The third-order valence-corrected chi connectivity index (χ3v) is 6.55. The fourth-order valence-corrected chi connectivity index (χ4v) is 4.86. The third-order valence-electron chi connectivity index (χ3n) is 4.63. The van der Waals surface area contributed by atoms with E-state index in [9.17, 15) is 22.0 Å². The molecule has 0 saturated carbocycles. The van der Waals surface area contributed by atoms with Gasteiger partial charge < -0.3 is 10.1 Å². The molecule has 0 unspecified atom stereocenters. The van der Waals surface area contributed by atoms with Crippen molar-refractivity contribution in [2.24, 2.45) is 0 Å². The van der Waals surface area contributed by atoms with Gasteiger partial charge in [-0.15, -0.1) is 0 Å². The maximum absolute atomic E-state index is 13.9. The van der Waals surface area contributed by atoms with Crippen LogP contribution in [0.5, 0.6) is 5.75 Å².